The maximum absolute atomic E-state index is 13.5. The number of hydrogen-bond donors (Lipinski definition) is 1. The molecule has 0 heterocycles. The highest BCUT2D eigenvalue weighted by atomic mass is 32.2. The first-order valence-corrected chi connectivity index (χ1v) is 19.6. The van der Waals surface area contributed by atoms with Gasteiger partial charge >= 0.3 is 0 Å². The summed E-state index contributed by atoms with van der Waals surface area (Å²) < 4.78 is 59.9. The molecule has 0 radical (unpaired) electrons. The van der Waals surface area contributed by atoms with Crippen molar-refractivity contribution in [2.24, 2.45) is 0 Å². The summed E-state index contributed by atoms with van der Waals surface area (Å²) in [6, 6.07) is 35.1. The zero-order chi connectivity index (χ0) is 34.3. The Kier molecular flexibility index (Phi) is 11.1. The number of halogens is 1. The molecule has 1 aliphatic rings. The van der Waals surface area contributed by atoms with E-state index in [1.54, 1.807) is 48.5 Å². The van der Waals surface area contributed by atoms with Gasteiger partial charge in [0.2, 0.25) is 0 Å². The third-order valence-electron chi connectivity index (χ3n) is 8.42. The monoisotopic (exact) mass is 682 g/mol. The van der Waals surface area contributed by atoms with Gasteiger partial charge < -0.3 is 5.11 Å². The second-order valence-electron chi connectivity index (χ2n) is 12.1. The van der Waals surface area contributed by atoms with Crippen molar-refractivity contribution in [2.45, 2.75) is 48.0 Å². The van der Waals surface area contributed by atoms with Crippen LogP contribution in [0, 0.1) is 5.82 Å². The summed E-state index contributed by atoms with van der Waals surface area (Å²) in [5.41, 5.74) is 7.58. The summed E-state index contributed by atoms with van der Waals surface area (Å²) in [7, 11) is -6.41. The molecular formula is C40H39FO5S2. The van der Waals surface area contributed by atoms with E-state index in [0.29, 0.717) is 16.0 Å². The van der Waals surface area contributed by atoms with Crippen LogP contribution in [-0.4, -0.2) is 34.5 Å². The summed E-state index contributed by atoms with van der Waals surface area (Å²) in [5, 5.41) is 10.7. The van der Waals surface area contributed by atoms with Crippen LogP contribution < -0.4 is 0 Å². The Hall–Kier alpha value is -4.37. The van der Waals surface area contributed by atoms with Crippen LogP contribution in [0.4, 0.5) is 4.39 Å². The second-order valence-corrected chi connectivity index (χ2v) is 16.1. The number of aliphatic hydroxyl groups excluding tert-OH is 1. The predicted molar refractivity (Wildman–Crippen MR) is 191 cm³/mol. The lowest BCUT2D eigenvalue weighted by Crippen LogP contribution is -2.02. The quantitative estimate of drug-likeness (QED) is 0.185. The van der Waals surface area contributed by atoms with E-state index in [1.807, 2.05) is 30.3 Å². The van der Waals surface area contributed by atoms with Crippen molar-refractivity contribution in [2.75, 3.05) is 12.5 Å². The maximum atomic E-state index is 13.5. The van der Waals surface area contributed by atoms with Crippen molar-refractivity contribution in [1.82, 2.24) is 0 Å². The molecule has 0 bridgehead atoms. The largest absolute Gasteiger partial charge is 0.384 e. The molecule has 1 N–H and O–H groups in total. The van der Waals surface area contributed by atoms with Gasteiger partial charge in [-0.1, -0.05) is 103 Å². The topological polar surface area (TPSA) is 88.5 Å². The zero-order valence-corrected chi connectivity index (χ0v) is 28.6. The molecule has 8 heteroatoms. The molecule has 1 unspecified atom stereocenters. The Labute approximate surface area is 283 Å². The standard InChI is InChI=1S/C20H17FO3S.C20H22O2S/c1-25(23,24)17-11-9-14(10-12-17)18-7-2-3-8-19(18)20(22)15-5-4-6-16(21)13-15;1-23(21,22)19-13-11-17(12-14-19)20-10-6-5-9-18(20)15-16-7-3-2-4-8-16/h2-13,20,22H,1H3;5-6,9-15H,2-4,7-8H2,1H3. The number of allylic oxidation sites excluding steroid dienone is 1. The van der Waals surface area contributed by atoms with E-state index in [1.165, 1.54) is 73.8 Å². The van der Waals surface area contributed by atoms with E-state index < -0.39 is 31.6 Å². The van der Waals surface area contributed by atoms with E-state index in [2.05, 4.69) is 24.3 Å². The van der Waals surface area contributed by atoms with Crippen LogP contribution in [0.1, 0.15) is 54.9 Å². The Morgan fingerprint density at radius 2 is 1.15 bits per heavy atom. The smallest absolute Gasteiger partial charge is 0.175 e. The zero-order valence-electron chi connectivity index (χ0n) is 27.0. The van der Waals surface area contributed by atoms with Crippen molar-refractivity contribution < 1.29 is 26.3 Å². The maximum Gasteiger partial charge on any atom is 0.175 e. The third kappa shape index (κ3) is 8.95. The molecule has 5 nitrogen and oxygen atoms in total. The van der Waals surface area contributed by atoms with Crippen molar-refractivity contribution in [3.63, 3.8) is 0 Å². The first-order valence-electron chi connectivity index (χ1n) is 15.8. The Bertz CT molecular complexity index is 2110. The van der Waals surface area contributed by atoms with Crippen molar-refractivity contribution >= 4 is 25.8 Å². The molecule has 48 heavy (non-hydrogen) atoms. The van der Waals surface area contributed by atoms with Crippen LogP contribution in [0.3, 0.4) is 0 Å². The van der Waals surface area contributed by atoms with E-state index in [9.17, 15) is 26.3 Å². The van der Waals surface area contributed by atoms with Crippen LogP contribution >= 0.6 is 0 Å². The van der Waals surface area contributed by atoms with Gasteiger partial charge in [-0.2, -0.15) is 0 Å². The van der Waals surface area contributed by atoms with Gasteiger partial charge in [-0.05, 0) is 101 Å². The molecule has 6 rings (SSSR count). The number of aliphatic hydroxyl groups is 1. The SMILES string of the molecule is CS(=O)(=O)c1ccc(-c2ccccc2C(O)c2cccc(F)c2)cc1.CS(=O)(=O)c1ccc(-c2ccccc2C=C2CCCCC2)cc1. The van der Waals surface area contributed by atoms with Crippen molar-refractivity contribution in [1.29, 1.82) is 0 Å². The van der Waals surface area contributed by atoms with Crippen LogP contribution in [-0.2, 0) is 19.7 Å². The molecule has 5 aromatic rings. The molecule has 0 spiro atoms. The van der Waals surface area contributed by atoms with Gasteiger partial charge in [0.1, 0.15) is 11.9 Å². The van der Waals surface area contributed by atoms with E-state index in [0.717, 1.165) is 28.5 Å². The molecule has 1 fully saturated rings. The Morgan fingerprint density at radius 1 is 0.625 bits per heavy atom. The van der Waals surface area contributed by atoms with Crippen LogP contribution in [0.2, 0.25) is 0 Å². The fourth-order valence-electron chi connectivity index (χ4n) is 5.87. The average Bonchev–Trinajstić information content (AvgIpc) is 3.08. The number of hydrogen-bond acceptors (Lipinski definition) is 5. The first-order chi connectivity index (χ1) is 22.9. The third-order valence-corrected chi connectivity index (χ3v) is 10.7. The Balaban J connectivity index is 0.000000188. The van der Waals surface area contributed by atoms with E-state index in [4.69, 9.17) is 0 Å². The summed E-state index contributed by atoms with van der Waals surface area (Å²) in [6.45, 7) is 0. The minimum Gasteiger partial charge on any atom is -0.384 e. The molecule has 1 atom stereocenters. The lowest BCUT2D eigenvalue weighted by Gasteiger charge is -2.16. The summed E-state index contributed by atoms with van der Waals surface area (Å²) in [5.74, 6) is -0.411. The molecule has 0 aliphatic heterocycles. The van der Waals surface area contributed by atoms with Crippen LogP contribution in [0.5, 0.6) is 0 Å². The summed E-state index contributed by atoms with van der Waals surface area (Å²) >= 11 is 0. The summed E-state index contributed by atoms with van der Waals surface area (Å²) in [6.07, 6.45) is 10.0. The first kappa shape index (κ1) is 35.0. The van der Waals surface area contributed by atoms with Crippen molar-refractivity contribution in [3.05, 3.63) is 149 Å². The van der Waals surface area contributed by atoms with E-state index >= 15 is 0 Å². The molecule has 0 amide bonds. The van der Waals surface area contributed by atoms with E-state index in [-0.39, 0.29) is 4.90 Å². The average molecular weight is 683 g/mol. The normalized spacial score (nSPS) is 14.0. The summed E-state index contributed by atoms with van der Waals surface area (Å²) in [4.78, 5) is 0.601. The highest BCUT2D eigenvalue weighted by Gasteiger charge is 2.17. The fourth-order valence-corrected chi connectivity index (χ4v) is 7.13. The molecule has 5 aromatic carbocycles. The van der Waals surface area contributed by atoms with Crippen LogP contribution in [0.15, 0.2) is 137 Å². The molecule has 0 aromatic heterocycles. The highest BCUT2D eigenvalue weighted by molar-refractivity contribution is 7.91. The van der Waals surface area contributed by atoms with Gasteiger partial charge in [0.05, 0.1) is 9.79 Å². The molecule has 0 saturated heterocycles. The molecule has 1 aliphatic carbocycles. The minimum absolute atomic E-state index is 0.236. The van der Waals surface area contributed by atoms with Gasteiger partial charge in [-0.25, -0.2) is 21.2 Å². The lowest BCUT2D eigenvalue weighted by molar-refractivity contribution is 0.220. The lowest BCUT2D eigenvalue weighted by atomic mass is 9.91. The van der Waals surface area contributed by atoms with Gasteiger partial charge in [0.25, 0.3) is 0 Å². The number of sulfone groups is 2. The molecule has 248 valence electrons. The van der Waals surface area contributed by atoms with Gasteiger partial charge in [0.15, 0.2) is 19.7 Å². The number of benzene rings is 5. The Morgan fingerprint density at radius 3 is 1.71 bits per heavy atom. The highest BCUT2D eigenvalue weighted by Crippen LogP contribution is 2.33. The molecular weight excluding hydrogens is 644 g/mol. The fraction of sp³-hybridized carbons (Fsp3) is 0.200. The van der Waals surface area contributed by atoms with Gasteiger partial charge in [-0.15, -0.1) is 0 Å². The number of rotatable bonds is 7. The van der Waals surface area contributed by atoms with Gasteiger partial charge in [0, 0.05) is 12.5 Å². The predicted octanol–water partition coefficient (Wildman–Crippen LogP) is 9.08. The van der Waals surface area contributed by atoms with Gasteiger partial charge in [-0.3, -0.25) is 0 Å². The molecule has 1 saturated carbocycles. The van der Waals surface area contributed by atoms with Crippen LogP contribution in [0.25, 0.3) is 28.3 Å². The minimum atomic E-state index is -3.27. The second kappa shape index (κ2) is 15.2. The van der Waals surface area contributed by atoms with Crippen molar-refractivity contribution in [3.8, 4) is 22.3 Å².